The molecule has 0 saturated carbocycles. The first-order chi connectivity index (χ1) is 13.0. The second kappa shape index (κ2) is 8.03. The summed E-state index contributed by atoms with van der Waals surface area (Å²) in [4.78, 5) is 16.2. The Kier molecular flexibility index (Phi) is 5.54. The maximum atomic E-state index is 13.9. The second-order valence-electron chi connectivity index (χ2n) is 6.12. The predicted molar refractivity (Wildman–Crippen MR) is 100 cm³/mol. The van der Waals surface area contributed by atoms with Crippen LogP contribution in [0, 0.1) is 5.82 Å². The Morgan fingerprint density at radius 3 is 2.67 bits per heavy atom. The third kappa shape index (κ3) is 4.34. The molecule has 0 aromatic heterocycles. The molecule has 0 atom stereocenters. The smallest absolute Gasteiger partial charge is 0.363 e. The van der Waals surface area contributed by atoms with Gasteiger partial charge in [-0.05, 0) is 56.7 Å². The van der Waals surface area contributed by atoms with E-state index in [1.165, 1.54) is 12.1 Å². The number of rotatable bonds is 6. The summed E-state index contributed by atoms with van der Waals surface area (Å²) in [6.45, 7) is 6.22. The number of carbonyl (C=O) groups excluding carboxylic acids is 1. The minimum Gasteiger partial charge on any atom is -0.490 e. The van der Waals surface area contributed by atoms with E-state index in [4.69, 9.17) is 14.2 Å². The number of hydrogen-bond acceptors (Lipinski definition) is 5. The Morgan fingerprint density at radius 2 is 1.96 bits per heavy atom. The van der Waals surface area contributed by atoms with Crippen LogP contribution in [0.3, 0.4) is 0 Å². The molecular formula is C21H20FNO4. The Balaban J connectivity index is 1.92. The fraction of sp³-hybridized carbons (Fsp3) is 0.238. The van der Waals surface area contributed by atoms with Gasteiger partial charge in [0.05, 0.1) is 18.3 Å². The van der Waals surface area contributed by atoms with Crippen molar-refractivity contribution in [3.05, 3.63) is 65.1 Å². The molecule has 0 amide bonds. The van der Waals surface area contributed by atoms with E-state index in [1.54, 1.807) is 36.4 Å². The van der Waals surface area contributed by atoms with Gasteiger partial charge in [-0.2, -0.15) is 0 Å². The molecule has 2 aromatic rings. The van der Waals surface area contributed by atoms with Crippen molar-refractivity contribution in [1.82, 2.24) is 0 Å². The summed E-state index contributed by atoms with van der Waals surface area (Å²) >= 11 is 0. The van der Waals surface area contributed by atoms with Crippen LogP contribution < -0.4 is 9.47 Å². The van der Waals surface area contributed by atoms with Gasteiger partial charge in [0.1, 0.15) is 5.82 Å². The number of hydrogen-bond donors (Lipinski definition) is 0. The Labute approximate surface area is 157 Å². The molecule has 0 radical (unpaired) electrons. The summed E-state index contributed by atoms with van der Waals surface area (Å²) in [5.41, 5.74) is 0.929. The Morgan fingerprint density at radius 1 is 1.19 bits per heavy atom. The summed E-state index contributed by atoms with van der Waals surface area (Å²) in [6.07, 6.45) is 1.57. The van der Waals surface area contributed by atoms with E-state index in [-0.39, 0.29) is 23.3 Å². The number of carbonyl (C=O) groups is 1. The van der Waals surface area contributed by atoms with Crippen molar-refractivity contribution in [1.29, 1.82) is 0 Å². The molecule has 0 unspecified atom stereocenters. The first kappa shape index (κ1) is 18.6. The molecule has 5 nitrogen and oxygen atoms in total. The van der Waals surface area contributed by atoms with Gasteiger partial charge in [-0.1, -0.05) is 18.2 Å². The third-order valence-electron chi connectivity index (χ3n) is 3.66. The topological polar surface area (TPSA) is 57.1 Å². The van der Waals surface area contributed by atoms with E-state index < -0.39 is 11.8 Å². The van der Waals surface area contributed by atoms with Gasteiger partial charge in [0.2, 0.25) is 5.90 Å². The zero-order valence-corrected chi connectivity index (χ0v) is 15.4. The third-order valence-corrected chi connectivity index (χ3v) is 3.66. The maximum Gasteiger partial charge on any atom is 0.363 e. The van der Waals surface area contributed by atoms with E-state index in [9.17, 15) is 9.18 Å². The maximum absolute atomic E-state index is 13.9. The second-order valence-corrected chi connectivity index (χ2v) is 6.12. The molecule has 2 aromatic carbocycles. The first-order valence-electron chi connectivity index (χ1n) is 8.69. The van der Waals surface area contributed by atoms with Gasteiger partial charge in [-0.25, -0.2) is 14.2 Å². The summed E-state index contributed by atoms with van der Waals surface area (Å²) in [6, 6.07) is 11.3. The number of esters is 1. The Bertz CT molecular complexity index is 918. The van der Waals surface area contributed by atoms with Crippen molar-refractivity contribution in [2.24, 2.45) is 4.99 Å². The van der Waals surface area contributed by atoms with Crippen LogP contribution in [0.5, 0.6) is 11.5 Å². The SMILES string of the molecule is CCOc1cc(/C=C2\N=C(c3ccccc3F)OC2=O)ccc1OC(C)C. The molecule has 27 heavy (non-hydrogen) atoms. The van der Waals surface area contributed by atoms with E-state index in [0.29, 0.717) is 23.7 Å². The fourth-order valence-electron chi connectivity index (χ4n) is 2.55. The molecule has 0 N–H and O–H groups in total. The number of aliphatic imine (C=N–C) groups is 1. The van der Waals surface area contributed by atoms with Crippen LogP contribution in [-0.2, 0) is 9.53 Å². The fourth-order valence-corrected chi connectivity index (χ4v) is 2.55. The summed E-state index contributed by atoms with van der Waals surface area (Å²) in [5.74, 6) is 0.0192. The molecule has 3 rings (SSSR count). The van der Waals surface area contributed by atoms with Crippen LogP contribution >= 0.6 is 0 Å². The van der Waals surface area contributed by atoms with Gasteiger partial charge >= 0.3 is 5.97 Å². The summed E-state index contributed by atoms with van der Waals surface area (Å²) in [7, 11) is 0. The zero-order chi connectivity index (χ0) is 19.4. The van der Waals surface area contributed by atoms with Crippen molar-refractivity contribution in [2.75, 3.05) is 6.61 Å². The zero-order valence-electron chi connectivity index (χ0n) is 15.4. The highest BCUT2D eigenvalue weighted by molar-refractivity contribution is 6.12. The van der Waals surface area contributed by atoms with Crippen LogP contribution in [0.1, 0.15) is 31.9 Å². The lowest BCUT2D eigenvalue weighted by Gasteiger charge is -2.14. The number of halogens is 1. The molecule has 0 bridgehead atoms. The molecule has 1 aliphatic heterocycles. The van der Waals surface area contributed by atoms with Crippen molar-refractivity contribution in [3.63, 3.8) is 0 Å². The van der Waals surface area contributed by atoms with Crippen molar-refractivity contribution in [3.8, 4) is 11.5 Å². The monoisotopic (exact) mass is 369 g/mol. The molecule has 0 spiro atoms. The van der Waals surface area contributed by atoms with Crippen LogP contribution in [0.4, 0.5) is 4.39 Å². The van der Waals surface area contributed by atoms with Gasteiger partial charge in [0.25, 0.3) is 0 Å². The number of benzene rings is 2. The predicted octanol–water partition coefficient (Wildman–Crippen LogP) is 4.36. The van der Waals surface area contributed by atoms with Gasteiger partial charge in [-0.3, -0.25) is 0 Å². The molecule has 0 aliphatic carbocycles. The van der Waals surface area contributed by atoms with Gasteiger partial charge in [0.15, 0.2) is 17.2 Å². The van der Waals surface area contributed by atoms with Gasteiger partial charge in [0, 0.05) is 0 Å². The van der Waals surface area contributed by atoms with Gasteiger partial charge < -0.3 is 14.2 Å². The normalized spacial score (nSPS) is 15.1. The lowest BCUT2D eigenvalue weighted by molar-refractivity contribution is -0.129. The number of cyclic esters (lactones) is 1. The first-order valence-corrected chi connectivity index (χ1v) is 8.69. The minimum absolute atomic E-state index is 0.00569. The molecule has 0 fully saturated rings. The van der Waals surface area contributed by atoms with Crippen LogP contribution in [-0.4, -0.2) is 24.6 Å². The number of nitrogens with zero attached hydrogens (tertiary/aromatic N) is 1. The molecule has 1 heterocycles. The summed E-state index contributed by atoms with van der Waals surface area (Å²) in [5, 5.41) is 0. The quantitative estimate of drug-likeness (QED) is 0.561. The van der Waals surface area contributed by atoms with E-state index in [1.807, 2.05) is 20.8 Å². The average molecular weight is 369 g/mol. The number of ether oxygens (including phenoxy) is 3. The van der Waals surface area contributed by atoms with Gasteiger partial charge in [-0.15, -0.1) is 0 Å². The van der Waals surface area contributed by atoms with E-state index in [0.717, 1.165) is 0 Å². The molecule has 6 heteroatoms. The Hall–Kier alpha value is -3.15. The van der Waals surface area contributed by atoms with Crippen LogP contribution in [0.15, 0.2) is 53.2 Å². The molecular weight excluding hydrogens is 349 g/mol. The van der Waals surface area contributed by atoms with Crippen LogP contribution in [0.2, 0.25) is 0 Å². The minimum atomic E-state index is -0.631. The lowest BCUT2D eigenvalue weighted by Crippen LogP contribution is -2.07. The van der Waals surface area contributed by atoms with Crippen molar-refractivity contribution in [2.45, 2.75) is 26.9 Å². The summed E-state index contributed by atoms with van der Waals surface area (Å²) < 4.78 is 30.3. The lowest BCUT2D eigenvalue weighted by atomic mass is 10.1. The van der Waals surface area contributed by atoms with Crippen molar-refractivity contribution >= 4 is 17.9 Å². The highest BCUT2D eigenvalue weighted by Crippen LogP contribution is 2.31. The van der Waals surface area contributed by atoms with E-state index >= 15 is 0 Å². The molecule has 140 valence electrons. The molecule has 1 aliphatic rings. The highest BCUT2D eigenvalue weighted by Gasteiger charge is 2.26. The van der Waals surface area contributed by atoms with E-state index in [2.05, 4.69) is 4.99 Å². The highest BCUT2D eigenvalue weighted by atomic mass is 19.1. The molecule has 0 saturated heterocycles. The standard InChI is InChI=1S/C21H20FNO4/c1-4-25-19-12-14(9-10-18(19)26-13(2)3)11-17-21(24)27-20(23-17)15-7-5-6-8-16(15)22/h5-13H,4H2,1-3H3/b17-11-. The van der Waals surface area contributed by atoms with Crippen molar-refractivity contribution < 1.29 is 23.4 Å². The largest absolute Gasteiger partial charge is 0.490 e. The van der Waals surface area contributed by atoms with Crippen LogP contribution in [0.25, 0.3) is 6.08 Å². The average Bonchev–Trinajstić information content (AvgIpc) is 2.98.